The number of nitro benzene ring substituents is 1. The van der Waals surface area contributed by atoms with Crippen LogP contribution >= 0.6 is 23.4 Å². The van der Waals surface area contributed by atoms with Crippen LogP contribution in [-0.2, 0) is 4.79 Å². The molecular weight excluding hydrogens is 352 g/mol. The van der Waals surface area contributed by atoms with Gasteiger partial charge in [0.05, 0.1) is 14.9 Å². The van der Waals surface area contributed by atoms with E-state index in [4.69, 9.17) is 11.6 Å². The van der Waals surface area contributed by atoms with Crippen LogP contribution in [0.4, 0.5) is 11.5 Å². The van der Waals surface area contributed by atoms with Gasteiger partial charge in [-0.3, -0.25) is 14.9 Å². The number of thioether (sulfide) groups is 1. The number of hydrogen-bond donors (Lipinski definition) is 1. The zero-order valence-corrected chi connectivity index (χ0v) is 13.5. The molecule has 1 aromatic carbocycles. The lowest BCUT2D eigenvalue weighted by atomic mass is 10.2. The molecule has 120 valence electrons. The molecule has 3 rings (SSSR count). The van der Waals surface area contributed by atoms with E-state index in [0.717, 1.165) is 11.8 Å². The summed E-state index contributed by atoms with van der Waals surface area (Å²) in [5.41, 5.74) is 0.528. The molecule has 2 heterocycles. The van der Waals surface area contributed by atoms with E-state index in [-0.39, 0.29) is 11.6 Å². The van der Waals surface area contributed by atoms with Crippen LogP contribution in [0.1, 0.15) is 5.56 Å². The largest absolute Gasteiger partial charge is 0.300 e. The smallest absolute Gasteiger partial charge is 0.270 e. The van der Waals surface area contributed by atoms with Crippen LogP contribution in [-0.4, -0.2) is 21.0 Å². The van der Waals surface area contributed by atoms with Crippen LogP contribution in [0.15, 0.2) is 52.5 Å². The average molecular weight is 361 g/mol. The summed E-state index contributed by atoms with van der Waals surface area (Å²) < 4.78 is 0. The molecule has 24 heavy (non-hydrogen) atoms. The van der Waals surface area contributed by atoms with Gasteiger partial charge < -0.3 is 5.32 Å². The lowest BCUT2D eigenvalue weighted by Crippen LogP contribution is -2.19. The summed E-state index contributed by atoms with van der Waals surface area (Å²) >= 11 is 6.89. The number of nitro groups is 1. The zero-order valence-electron chi connectivity index (χ0n) is 12.0. The zero-order chi connectivity index (χ0) is 17.1. The number of rotatable bonds is 3. The Hall–Kier alpha value is -2.71. The molecule has 9 heteroatoms. The highest BCUT2D eigenvalue weighted by molar-refractivity contribution is 8.18. The van der Waals surface area contributed by atoms with Crippen LogP contribution in [0, 0.1) is 10.1 Å². The van der Waals surface area contributed by atoms with E-state index in [1.165, 1.54) is 18.3 Å². The quantitative estimate of drug-likeness (QED) is 0.513. The Morgan fingerprint density at radius 2 is 2.17 bits per heavy atom. The lowest BCUT2D eigenvalue weighted by molar-refractivity contribution is -0.384. The van der Waals surface area contributed by atoms with Crippen molar-refractivity contribution >= 4 is 52.0 Å². The maximum absolute atomic E-state index is 12.0. The number of aliphatic imine (C=N–C) groups is 1. The van der Waals surface area contributed by atoms with Crippen molar-refractivity contribution in [2.75, 3.05) is 0 Å². The molecule has 2 aromatic rings. The van der Waals surface area contributed by atoms with Gasteiger partial charge in [-0.25, -0.2) is 9.98 Å². The Bertz CT molecular complexity index is 881. The Kier molecular flexibility index (Phi) is 4.59. The third-order valence-electron chi connectivity index (χ3n) is 2.96. The van der Waals surface area contributed by atoms with E-state index >= 15 is 0 Å². The summed E-state index contributed by atoms with van der Waals surface area (Å²) in [5.74, 6) is 0.0954. The molecule has 0 atom stereocenters. The summed E-state index contributed by atoms with van der Waals surface area (Å²) in [4.78, 5) is 30.9. The van der Waals surface area contributed by atoms with E-state index < -0.39 is 4.92 Å². The number of non-ortho nitro benzene ring substituents is 1. The van der Waals surface area contributed by atoms with Gasteiger partial charge in [-0.2, -0.15) is 0 Å². The number of benzene rings is 1. The van der Waals surface area contributed by atoms with E-state index in [0.29, 0.717) is 26.5 Å². The van der Waals surface area contributed by atoms with E-state index in [1.54, 1.807) is 30.3 Å². The van der Waals surface area contributed by atoms with Gasteiger partial charge >= 0.3 is 0 Å². The third-order valence-corrected chi connectivity index (χ3v) is 4.09. The van der Waals surface area contributed by atoms with Crippen molar-refractivity contribution in [2.45, 2.75) is 0 Å². The Morgan fingerprint density at radius 1 is 1.33 bits per heavy atom. The van der Waals surface area contributed by atoms with Crippen LogP contribution in [0.25, 0.3) is 6.08 Å². The second-order valence-electron chi connectivity index (χ2n) is 4.67. The highest BCUT2D eigenvalue weighted by atomic mass is 35.5. The molecule has 0 aliphatic carbocycles. The predicted molar refractivity (Wildman–Crippen MR) is 93.1 cm³/mol. The van der Waals surface area contributed by atoms with Crippen LogP contribution in [0.3, 0.4) is 0 Å². The number of amides is 1. The number of nitrogens with one attached hydrogen (secondary N) is 1. The summed E-state index contributed by atoms with van der Waals surface area (Å²) in [6.07, 6.45) is 3.03. The van der Waals surface area contributed by atoms with Crippen LogP contribution in [0.2, 0.25) is 5.02 Å². The summed E-state index contributed by atoms with van der Waals surface area (Å²) in [6.45, 7) is 0. The molecule has 1 saturated heterocycles. The highest BCUT2D eigenvalue weighted by Gasteiger charge is 2.24. The Balaban J connectivity index is 1.83. The maximum atomic E-state index is 12.0. The molecule has 7 nitrogen and oxygen atoms in total. The lowest BCUT2D eigenvalue weighted by Gasteiger charge is -1.96. The summed E-state index contributed by atoms with van der Waals surface area (Å²) in [7, 11) is 0. The molecule has 1 N–H and O–H groups in total. The van der Waals surface area contributed by atoms with Crippen molar-refractivity contribution in [3.05, 3.63) is 68.2 Å². The van der Waals surface area contributed by atoms with Crippen molar-refractivity contribution in [3.63, 3.8) is 0 Å². The molecule has 0 bridgehead atoms. The monoisotopic (exact) mass is 360 g/mol. The number of halogens is 1. The second kappa shape index (κ2) is 6.81. The fourth-order valence-electron chi connectivity index (χ4n) is 1.90. The molecule has 0 saturated carbocycles. The number of nitrogens with zero attached hydrogens (tertiary/aromatic N) is 3. The molecule has 0 spiro atoms. The Labute approximate surface area is 145 Å². The second-order valence-corrected chi connectivity index (χ2v) is 6.14. The number of carbonyl (C=O) groups excluding carboxylic acids is 1. The molecule has 1 aromatic heterocycles. The molecule has 1 aliphatic rings. The third kappa shape index (κ3) is 3.79. The number of amidine groups is 1. The number of carbonyl (C=O) groups is 1. The summed E-state index contributed by atoms with van der Waals surface area (Å²) in [6, 6.07) is 9.32. The van der Waals surface area contributed by atoms with Gasteiger partial charge in [0.25, 0.3) is 11.6 Å². The first kappa shape index (κ1) is 16.2. The van der Waals surface area contributed by atoms with Gasteiger partial charge in [0.15, 0.2) is 11.0 Å². The minimum Gasteiger partial charge on any atom is -0.300 e. The highest BCUT2D eigenvalue weighted by Crippen LogP contribution is 2.28. The molecule has 0 unspecified atom stereocenters. The van der Waals surface area contributed by atoms with Gasteiger partial charge in [-0.15, -0.1) is 0 Å². The molecule has 0 radical (unpaired) electrons. The number of aromatic nitrogens is 1. The average Bonchev–Trinajstić information content (AvgIpc) is 2.89. The van der Waals surface area contributed by atoms with Gasteiger partial charge in [-0.05, 0) is 35.5 Å². The van der Waals surface area contributed by atoms with Gasteiger partial charge in [-0.1, -0.05) is 23.7 Å². The molecule has 1 amide bonds. The fourth-order valence-corrected chi connectivity index (χ4v) is 2.84. The first-order chi connectivity index (χ1) is 11.5. The summed E-state index contributed by atoms with van der Waals surface area (Å²) in [5, 5.41) is 14.3. The number of hydrogen-bond acceptors (Lipinski definition) is 6. The van der Waals surface area contributed by atoms with E-state index in [9.17, 15) is 14.9 Å². The van der Waals surface area contributed by atoms with Crippen LogP contribution in [0.5, 0.6) is 0 Å². The topological polar surface area (TPSA) is 97.5 Å². The van der Waals surface area contributed by atoms with Crippen molar-refractivity contribution in [1.82, 2.24) is 10.3 Å². The minimum absolute atomic E-state index is 0.0352. The number of pyridine rings is 1. The standard InChI is InChI=1S/C15H9ClN4O3S/c16-10-4-5-13(17-8-10)18-15-19-14(21)12(24-15)7-9-2-1-3-11(6-9)20(22)23/h1-8H,(H,17,18,19,21)/b12-7-. The van der Waals surface area contributed by atoms with Crippen molar-refractivity contribution in [2.24, 2.45) is 4.99 Å². The first-order valence-electron chi connectivity index (χ1n) is 6.67. The van der Waals surface area contributed by atoms with Crippen molar-refractivity contribution < 1.29 is 9.72 Å². The van der Waals surface area contributed by atoms with Crippen LogP contribution < -0.4 is 5.32 Å². The van der Waals surface area contributed by atoms with Gasteiger partial charge in [0.1, 0.15) is 0 Å². The molecule has 1 fully saturated rings. The van der Waals surface area contributed by atoms with Crippen molar-refractivity contribution in [1.29, 1.82) is 0 Å². The SMILES string of the molecule is O=C1NC(=Nc2ccc(Cl)cn2)S/C1=C\c1cccc([N+](=O)[O-])c1. The predicted octanol–water partition coefficient (Wildman–Crippen LogP) is 3.53. The van der Waals surface area contributed by atoms with Gasteiger partial charge in [0, 0.05) is 18.3 Å². The molecule has 1 aliphatic heterocycles. The fraction of sp³-hybridized carbons (Fsp3) is 0. The molecular formula is C15H9ClN4O3S. The normalized spacial score (nSPS) is 17.3. The van der Waals surface area contributed by atoms with E-state index in [1.807, 2.05) is 0 Å². The van der Waals surface area contributed by atoms with Crippen molar-refractivity contribution in [3.8, 4) is 0 Å². The maximum Gasteiger partial charge on any atom is 0.270 e. The van der Waals surface area contributed by atoms with E-state index in [2.05, 4.69) is 15.3 Å². The Morgan fingerprint density at radius 3 is 2.88 bits per heavy atom. The van der Waals surface area contributed by atoms with Gasteiger partial charge in [0.2, 0.25) is 0 Å². The first-order valence-corrected chi connectivity index (χ1v) is 7.86. The minimum atomic E-state index is -0.483.